The third-order valence-electron chi connectivity index (χ3n) is 5.28. The van der Waals surface area contributed by atoms with E-state index in [1.54, 1.807) is 11.1 Å². The number of aromatic nitrogens is 1. The van der Waals surface area contributed by atoms with Gasteiger partial charge in [0.2, 0.25) is 0 Å². The van der Waals surface area contributed by atoms with Crippen LogP contribution in [-0.2, 0) is 16.0 Å². The highest BCUT2D eigenvalue weighted by Gasteiger charge is 2.39. The number of hydrogen-bond donors (Lipinski definition) is 0. The summed E-state index contributed by atoms with van der Waals surface area (Å²) in [5.74, 6) is -0.420. The standard InChI is InChI=1S/C21H25N3O3/c1-23(16-17-5-3-2-4-6-17)20(25)18-13-19(15-22-14-18)24-9-7-21(8-10-24)26-11-12-27-21/h2-6,13-15H,7-12,16H2,1H3. The van der Waals surface area contributed by atoms with Gasteiger partial charge in [0, 0.05) is 45.7 Å². The fourth-order valence-corrected chi connectivity index (χ4v) is 3.76. The molecule has 2 fully saturated rings. The molecule has 2 saturated heterocycles. The van der Waals surface area contributed by atoms with Crippen LogP contribution in [0.5, 0.6) is 0 Å². The molecule has 1 aromatic heterocycles. The van der Waals surface area contributed by atoms with Crippen LogP contribution >= 0.6 is 0 Å². The Morgan fingerprint density at radius 2 is 1.85 bits per heavy atom. The van der Waals surface area contributed by atoms with Crippen LogP contribution in [0.15, 0.2) is 48.8 Å². The van der Waals surface area contributed by atoms with E-state index in [0.717, 1.165) is 37.2 Å². The van der Waals surface area contributed by atoms with Gasteiger partial charge in [0.15, 0.2) is 5.79 Å². The molecular weight excluding hydrogens is 342 g/mol. The van der Waals surface area contributed by atoms with Crippen LogP contribution in [0.3, 0.4) is 0 Å². The maximum atomic E-state index is 12.8. The SMILES string of the molecule is CN(Cc1ccccc1)C(=O)c1cncc(N2CCC3(CC2)OCCO3)c1. The molecule has 2 aliphatic rings. The number of pyridine rings is 1. The molecule has 0 radical (unpaired) electrons. The van der Waals surface area contributed by atoms with Crippen molar-refractivity contribution >= 4 is 11.6 Å². The average Bonchev–Trinajstić information content (AvgIpc) is 3.17. The predicted molar refractivity (Wildman–Crippen MR) is 103 cm³/mol. The van der Waals surface area contributed by atoms with Gasteiger partial charge in [-0.3, -0.25) is 9.78 Å². The van der Waals surface area contributed by atoms with E-state index in [0.29, 0.717) is 25.3 Å². The number of benzene rings is 1. The maximum Gasteiger partial charge on any atom is 0.255 e. The molecule has 6 nitrogen and oxygen atoms in total. The number of hydrogen-bond acceptors (Lipinski definition) is 5. The molecule has 0 aliphatic carbocycles. The molecule has 2 aliphatic heterocycles. The quantitative estimate of drug-likeness (QED) is 0.832. The lowest BCUT2D eigenvalue weighted by molar-refractivity contribution is -0.169. The number of rotatable bonds is 4. The van der Waals surface area contributed by atoms with E-state index in [4.69, 9.17) is 9.47 Å². The van der Waals surface area contributed by atoms with Gasteiger partial charge in [-0.25, -0.2) is 0 Å². The molecule has 0 atom stereocenters. The van der Waals surface area contributed by atoms with Crippen molar-refractivity contribution in [2.75, 3.05) is 38.3 Å². The van der Waals surface area contributed by atoms with Gasteiger partial charge >= 0.3 is 0 Å². The van der Waals surface area contributed by atoms with Crippen molar-refractivity contribution in [1.82, 2.24) is 9.88 Å². The first-order chi connectivity index (χ1) is 13.2. The number of carbonyl (C=O) groups is 1. The molecule has 27 heavy (non-hydrogen) atoms. The number of amides is 1. The molecule has 6 heteroatoms. The molecule has 0 unspecified atom stereocenters. The molecule has 0 N–H and O–H groups in total. The van der Waals surface area contributed by atoms with Gasteiger partial charge in [0.1, 0.15) is 0 Å². The van der Waals surface area contributed by atoms with Crippen molar-refractivity contribution in [2.45, 2.75) is 25.2 Å². The van der Waals surface area contributed by atoms with E-state index in [-0.39, 0.29) is 5.91 Å². The third kappa shape index (κ3) is 3.96. The lowest BCUT2D eigenvalue weighted by Crippen LogP contribution is -2.45. The molecule has 0 bridgehead atoms. The summed E-state index contributed by atoms with van der Waals surface area (Å²) < 4.78 is 11.6. The van der Waals surface area contributed by atoms with Crippen LogP contribution in [0.4, 0.5) is 5.69 Å². The predicted octanol–water partition coefficient (Wildman–Crippen LogP) is 2.70. The molecule has 3 heterocycles. The van der Waals surface area contributed by atoms with Gasteiger partial charge in [0.25, 0.3) is 5.91 Å². The fraction of sp³-hybridized carbons (Fsp3) is 0.429. The highest BCUT2D eigenvalue weighted by molar-refractivity contribution is 5.94. The van der Waals surface area contributed by atoms with Crippen molar-refractivity contribution in [2.24, 2.45) is 0 Å². The van der Waals surface area contributed by atoms with E-state index in [9.17, 15) is 4.79 Å². The zero-order valence-electron chi connectivity index (χ0n) is 15.6. The monoisotopic (exact) mass is 367 g/mol. The lowest BCUT2D eigenvalue weighted by Gasteiger charge is -2.38. The molecule has 1 amide bonds. The van der Waals surface area contributed by atoms with E-state index in [1.807, 2.05) is 49.6 Å². The number of anilines is 1. The zero-order valence-corrected chi connectivity index (χ0v) is 15.6. The van der Waals surface area contributed by atoms with Crippen molar-refractivity contribution in [3.63, 3.8) is 0 Å². The van der Waals surface area contributed by atoms with Crippen LogP contribution in [0.25, 0.3) is 0 Å². The van der Waals surface area contributed by atoms with E-state index in [1.165, 1.54) is 0 Å². The summed E-state index contributed by atoms with van der Waals surface area (Å²) in [5, 5.41) is 0. The Balaban J connectivity index is 1.42. The van der Waals surface area contributed by atoms with E-state index >= 15 is 0 Å². The number of carbonyl (C=O) groups excluding carboxylic acids is 1. The van der Waals surface area contributed by atoms with Crippen LogP contribution in [-0.4, -0.2) is 54.9 Å². The highest BCUT2D eigenvalue weighted by Crippen LogP contribution is 2.33. The minimum atomic E-state index is -0.396. The topological polar surface area (TPSA) is 54.9 Å². The Hall–Kier alpha value is -2.44. The lowest BCUT2D eigenvalue weighted by atomic mass is 10.0. The minimum Gasteiger partial charge on any atom is -0.370 e. The summed E-state index contributed by atoms with van der Waals surface area (Å²) in [6.45, 7) is 3.60. The van der Waals surface area contributed by atoms with Gasteiger partial charge in [-0.15, -0.1) is 0 Å². The summed E-state index contributed by atoms with van der Waals surface area (Å²) in [6, 6.07) is 11.9. The minimum absolute atomic E-state index is 0.0239. The Labute approximate surface area is 159 Å². The smallest absolute Gasteiger partial charge is 0.255 e. The Morgan fingerprint density at radius 3 is 2.56 bits per heavy atom. The van der Waals surface area contributed by atoms with Gasteiger partial charge in [-0.05, 0) is 11.6 Å². The first-order valence-electron chi connectivity index (χ1n) is 9.43. The number of nitrogens with zero attached hydrogens (tertiary/aromatic N) is 3. The third-order valence-corrected chi connectivity index (χ3v) is 5.28. The molecule has 2 aromatic rings. The molecular formula is C21H25N3O3. The normalized spacial score (nSPS) is 18.6. The average molecular weight is 367 g/mol. The van der Waals surface area contributed by atoms with Crippen LogP contribution < -0.4 is 4.90 Å². The largest absolute Gasteiger partial charge is 0.370 e. The summed E-state index contributed by atoms with van der Waals surface area (Å²) >= 11 is 0. The van der Waals surface area contributed by atoms with Gasteiger partial charge in [-0.2, -0.15) is 0 Å². The van der Waals surface area contributed by atoms with Crippen LogP contribution in [0.1, 0.15) is 28.8 Å². The van der Waals surface area contributed by atoms with Crippen molar-refractivity contribution in [3.05, 3.63) is 59.9 Å². The van der Waals surface area contributed by atoms with E-state index in [2.05, 4.69) is 9.88 Å². The number of piperidine rings is 1. The van der Waals surface area contributed by atoms with Crippen LogP contribution in [0, 0.1) is 0 Å². The van der Waals surface area contributed by atoms with Crippen LogP contribution in [0.2, 0.25) is 0 Å². The molecule has 142 valence electrons. The number of ether oxygens (including phenoxy) is 2. The van der Waals surface area contributed by atoms with Gasteiger partial charge < -0.3 is 19.3 Å². The first-order valence-corrected chi connectivity index (χ1v) is 9.43. The fourth-order valence-electron chi connectivity index (χ4n) is 3.76. The second-order valence-corrected chi connectivity index (χ2v) is 7.17. The second-order valence-electron chi connectivity index (χ2n) is 7.17. The molecule has 0 saturated carbocycles. The summed E-state index contributed by atoms with van der Waals surface area (Å²) in [6.07, 6.45) is 5.13. The maximum absolute atomic E-state index is 12.8. The molecule has 1 spiro atoms. The Bertz CT molecular complexity index is 780. The van der Waals surface area contributed by atoms with Crippen molar-refractivity contribution in [3.8, 4) is 0 Å². The second kappa shape index (κ2) is 7.66. The van der Waals surface area contributed by atoms with E-state index < -0.39 is 5.79 Å². The summed E-state index contributed by atoms with van der Waals surface area (Å²) in [5.41, 5.74) is 2.69. The summed E-state index contributed by atoms with van der Waals surface area (Å²) in [7, 11) is 1.82. The Kier molecular flexibility index (Phi) is 5.09. The van der Waals surface area contributed by atoms with Gasteiger partial charge in [0.05, 0.1) is 30.7 Å². The zero-order chi connectivity index (χ0) is 18.7. The molecule has 1 aromatic carbocycles. The van der Waals surface area contributed by atoms with Crippen molar-refractivity contribution in [1.29, 1.82) is 0 Å². The van der Waals surface area contributed by atoms with Gasteiger partial charge in [-0.1, -0.05) is 30.3 Å². The highest BCUT2D eigenvalue weighted by atomic mass is 16.7. The summed E-state index contributed by atoms with van der Waals surface area (Å²) in [4.78, 5) is 21.1. The molecule has 4 rings (SSSR count). The Morgan fingerprint density at radius 1 is 1.15 bits per heavy atom. The first kappa shape index (κ1) is 17.9. The van der Waals surface area contributed by atoms with Crippen molar-refractivity contribution < 1.29 is 14.3 Å².